The lowest BCUT2D eigenvalue weighted by Gasteiger charge is -2.26. The number of fused-ring (bicyclic) bond motifs is 1. The van der Waals surface area contributed by atoms with E-state index in [4.69, 9.17) is 4.74 Å². The predicted molar refractivity (Wildman–Crippen MR) is 109 cm³/mol. The Morgan fingerprint density at radius 2 is 1.85 bits per heavy atom. The maximum atomic E-state index is 12.6. The van der Waals surface area contributed by atoms with Crippen molar-refractivity contribution in [3.05, 3.63) is 59.7 Å². The minimum absolute atomic E-state index is 0.0926. The molecule has 27 heavy (non-hydrogen) atoms. The van der Waals surface area contributed by atoms with Gasteiger partial charge in [-0.15, -0.1) is 0 Å². The van der Waals surface area contributed by atoms with E-state index >= 15 is 0 Å². The second-order valence-corrected chi connectivity index (χ2v) is 7.34. The quantitative estimate of drug-likeness (QED) is 0.671. The van der Waals surface area contributed by atoms with Gasteiger partial charge in [-0.2, -0.15) is 0 Å². The van der Waals surface area contributed by atoms with Crippen LogP contribution in [0.1, 0.15) is 30.0 Å². The summed E-state index contributed by atoms with van der Waals surface area (Å²) in [5.74, 6) is 0.222. The summed E-state index contributed by atoms with van der Waals surface area (Å²) in [7, 11) is 3.81. The molecule has 2 aromatic carbocycles. The van der Waals surface area contributed by atoms with Gasteiger partial charge in [0.1, 0.15) is 0 Å². The van der Waals surface area contributed by atoms with Gasteiger partial charge in [-0.05, 0) is 25.0 Å². The van der Waals surface area contributed by atoms with Gasteiger partial charge >= 0.3 is 0 Å². The van der Waals surface area contributed by atoms with Crippen molar-refractivity contribution in [2.24, 2.45) is 7.05 Å². The highest BCUT2D eigenvalue weighted by atomic mass is 16.5. The zero-order valence-corrected chi connectivity index (χ0v) is 16.2. The number of ether oxygens (including phenoxy) is 1. The van der Waals surface area contributed by atoms with Gasteiger partial charge in [0, 0.05) is 43.6 Å². The van der Waals surface area contributed by atoms with E-state index in [0.29, 0.717) is 19.6 Å². The molecule has 1 unspecified atom stereocenters. The van der Waals surface area contributed by atoms with E-state index in [1.807, 2.05) is 4.90 Å². The van der Waals surface area contributed by atoms with Crippen molar-refractivity contribution in [1.29, 1.82) is 0 Å². The monoisotopic (exact) mass is 362 g/mol. The van der Waals surface area contributed by atoms with Crippen LogP contribution in [-0.2, 0) is 16.6 Å². The van der Waals surface area contributed by atoms with Crippen LogP contribution in [0.4, 0.5) is 0 Å². The maximum Gasteiger partial charge on any atom is 0.223 e. The molecule has 1 amide bonds. The first kappa shape index (κ1) is 17.8. The first-order chi connectivity index (χ1) is 13.1. The van der Waals surface area contributed by atoms with Crippen LogP contribution < -0.4 is 0 Å². The number of likely N-dealkylation sites (tertiary alicyclic amines) is 1. The molecule has 0 N–H and O–H groups in total. The van der Waals surface area contributed by atoms with Crippen molar-refractivity contribution in [2.45, 2.75) is 25.8 Å². The molecule has 1 aromatic heterocycles. The minimum Gasteiger partial charge on any atom is -0.383 e. The zero-order valence-electron chi connectivity index (χ0n) is 16.2. The Hall–Kier alpha value is -2.59. The first-order valence-corrected chi connectivity index (χ1v) is 9.54. The smallest absolute Gasteiger partial charge is 0.223 e. The molecule has 1 aliphatic rings. The topological polar surface area (TPSA) is 34.5 Å². The molecule has 4 heteroatoms. The molecule has 4 nitrogen and oxygen atoms in total. The van der Waals surface area contributed by atoms with Gasteiger partial charge in [-0.25, -0.2) is 0 Å². The van der Waals surface area contributed by atoms with E-state index in [-0.39, 0.29) is 11.9 Å². The van der Waals surface area contributed by atoms with Gasteiger partial charge in [0.2, 0.25) is 5.91 Å². The number of benzene rings is 2. The van der Waals surface area contributed by atoms with Crippen molar-refractivity contribution in [3.63, 3.8) is 0 Å². The van der Waals surface area contributed by atoms with Crippen LogP contribution in [0.15, 0.2) is 48.5 Å². The summed E-state index contributed by atoms with van der Waals surface area (Å²) in [6.45, 7) is 3.30. The van der Waals surface area contributed by atoms with Crippen molar-refractivity contribution in [3.8, 4) is 11.3 Å². The van der Waals surface area contributed by atoms with Crippen LogP contribution in [-0.4, -0.2) is 35.6 Å². The second-order valence-electron chi connectivity index (χ2n) is 7.34. The summed E-state index contributed by atoms with van der Waals surface area (Å²) < 4.78 is 7.53. The number of carbonyl (C=O) groups is 1. The van der Waals surface area contributed by atoms with Crippen molar-refractivity contribution >= 4 is 16.8 Å². The molecule has 0 radical (unpaired) electrons. The highest BCUT2D eigenvalue weighted by Gasteiger charge is 2.35. The Labute approximate surface area is 160 Å². The van der Waals surface area contributed by atoms with E-state index in [1.54, 1.807) is 7.11 Å². The number of hydrogen-bond acceptors (Lipinski definition) is 2. The Bertz CT molecular complexity index is 972. The van der Waals surface area contributed by atoms with Crippen molar-refractivity contribution in [2.75, 3.05) is 20.3 Å². The van der Waals surface area contributed by atoms with E-state index < -0.39 is 0 Å². The Morgan fingerprint density at radius 3 is 2.59 bits per heavy atom. The number of para-hydroxylation sites is 1. The third-order valence-corrected chi connectivity index (χ3v) is 5.67. The van der Waals surface area contributed by atoms with E-state index in [9.17, 15) is 4.79 Å². The van der Waals surface area contributed by atoms with Crippen LogP contribution in [0.5, 0.6) is 0 Å². The SMILES string of the molecule is COCCN1C(=O)CCC1c1c(-c2ccc(C)cc2)n(C)c2ccccc12. The van der Waals surface area contributed by atoms with Crippen LogP contribution in [0.2, 0.25) is 0 Å². The third-order valence-electron chi connectivity index (χ3n) is 5.67. The second kappa shape index (κ2) is 7.20. The average Bonchev–Trinajstić information content (AvgIpc) is 3.18. The Kier molecular flexibility index (Phi) is 4.75. The Morgan fingerprint density at radius 1 is 1.11 bits per heavy atom. The van der Waals surface area contributed by atoms with Crippen molar-refractivity contribution in [1.82, 2.24) is 9.47 Å². The van der Waals surface area contributed by atoms with Gasteiger partial charge in [0.05, 0.1) is 18.3 Å². The largest absolute Gasteiger partial charge is 0.383 e. The summed E-state index contributed by atoms with van der Waals surface area (Å²) in [4.78, 5) is 14.6. The molecule has 1 aliphatic heterocycles. The normalized spacial score (nSPS) is 17.2. The first-order valence-electron chi connectivity index (χ1n) is 9.54. The van der Waals surface area contributed by atoms with Crippen LogP contribution in [0.25, 0.3) is 22.2 Å². The molecule has 140 valence electrons. The van der Waals surface area contributed by atoms with E-state index in [1.165, 1.54) is 33.3 Å². The molecular formula is C23H26N2O2. The van der Waals surface area contributed by atoms with Crippen LogP contribution in [0, 0.1) is 6.92 Å². The van der Waals surface area contributed by atoms with Gasteiger partial charge in [-0.3, -0.25) is 4.79 Å². The summed E-state index contributed by atoms with van der Waals surface area (Å²) in [6.07, 6.45) is 1.46. The highest BCUT2D eigenvalue weighted by Crippen LogP contribution is 2.43. The predicted octanol–water partition coefficient (Wildman–Crippen LogP) is 4.46. The number of nitrogens with zero attached hydrogens (tertiary/aromatic N) is 2. The number of hydrogen-bond donors (Lipinski definition) is 0. The molecule has 0 spiro atoms. The average molecular weight is 362 g/mol. The van der Waals surface area contributed by atoms with Gasteiger partial charge in [0.25, 0.3) is 0 Å². The van der Waals surface area contributed by atoms with Gasteiger partial charge < -0.3 is 14.2 Å². The lowest BCUT2D eigenvalue weighted by molar-refractivity contribution is -0.129. The molecule has 0 saturated carbocycles. The van der Waals surface area contributed by atoms with Crippen LogP contribution >= 0.6 is 0 Å². The van der Waals surface area contributed by atoms with Crippen LogP contribution in [0.3, 0.4) is 0 Å². The summed E-state index contributed by atoms with van der Waals surface area (Å²) in [5, 5.41) is 1.23. The number of aryl methyl sites for hydroxylation is 2. The zero-order chi connectivity index (χ0) is 19.0. The highest BCUT2D eigenvalue weighted by molar-refractivity contribution is 5.93. The summed E-state index contributed by atoms with van der Waals surface area (Å²) in [5.41, 5.74) is 6.11. The molecule has 3 aromatic rings. The fourth-order valence-corrected chi connectivity index (χ4v) is 4.32. The molecule has 0 aliphatic carbocycles. The van der Waals surface area contributed by atoms with E-state index in [0.717, 1.165) is 6.42 Å². The molecule has 1 saturated heterocycles. The third kappa shape index (κ3) is 3.04. The van der Waals surface area contributed by atoms with Gasteiger partial charge in [0.15, 0.2) is 0 Å². The number of carbonyl (C=O) groups excluding carboxylic acids is 1. The lowest BCUT2D eigenvalue weighted by Crippen LogP contribution is -2.31. The van der Waals surface area contributed by atoms with Gasteiger partial charge in [-0.1, -0.05) is 48.0 Å². The molecule has 2 heterocycles. The molecule has 1 fully saturated rings. The summed E-state index contributed by atoms with van der Waals surface area (Å²) in [6, 6.07) is 17.3. The number of rotatable bonds is 5. The lowest BCUT2D eigenvalue weighted by atomic mass is 9.96. The maximum absolute atomic E-state index is 12.6. The molecule has 1 atom stereocenters. The fraction of sp³-hybridized carbons (Fsp3) is 0.348. The summed E-state index contributed by atoms with van der Waals surface area (Å²) >= 11 is 0. The fourth-order valence-electron chi connectivity index (χ4n) is 4.32. The van der Waals surface area contributed by atoms with Crippen molar-refractivity contribution < 1.29 is 9.53 Å². The molecule has 0 bridgehead atoms. The molecular weight excluding hydrogens is 336 g/mol. The number of amides is 1. The number of aromatic nitrogens is 1. The molecule has 4 rings (SSSR count). The standard InChI is InChI=1S/C23H26N2O2/c1-16-8-10-17(11-9-16)23-22(18-6-4-5-7-19(18)24(23)2)20-12-13-21(26)25(20)14-15-27-3/h4-11,20H,12-15H2,1-3H3. The minimum atomic E-state index is 0.0926. The number of methoxy groups -OCH3 is 1. The Balaban J connectivity index is 1.92. The van der Waals surface area contributed by atoms with E-state index in [2.05, 4.69) is 67.1 Å².